The standard InChI is InChI=1S/C20H22N4O3S.C2HF3O2/c1-14-5-9-28-17(14)19(26)24-8-3-6-20(13-24)10-16(23-27-20)18(25)22-12-15-4-2-7-21-11-15;3-2(4,5)1(6)7/h2,4-5,7,9,11H,3,6,8,10,12-13H2,1H3,(H,22,25);(H,6,7). The lowest BCUT2D eigenvalue weighted by atomic mass is 9.88. The zero-order chi connectivity index (χ0) is 25.6. The molecule has 188 valence electrons. The fourth-order valence-electron chi connectivity index (χ4n) is 3.66. The molecule has 2 aromatic heterocycles. The number of amides is 2. The van der Waals surface area contributed by atoms with E-state index >= 15 is 0 Å². The van der Waals surface area contributed by atoms with Crippen LogP contribution in [0.4, 0.5) is 13.2 Å². The molecule has 1 spiro atoms. The molecule has 2 aromatic rings. The van der Waals surface area contributed by atoms with Crippen molar-refractivity contribution in [2.75, 3.05) is 13.1 Å². The Kier molecular flexibility index (Phi) is 8.10. The van der Waals surface area contributed by atoms with Crippen molar-refractivity contribution in [2.45, 2.75) is 44.5 Å². The van der Waals surface area contributed by atoms with Crippen molar-refractivity contribution in [3.63, 3.8) is 0 Å². The Hall–Kier alpha value is -3.48. The number of aliphatic carboxylic acids is 1. The van der Waals surface area contributed by atoms with Gasteiger partial charge >= 0.3 is 12.1 Å². The van der Waals surface area contributed by atoms with E-state index in [9.17, 15) is 22.8 Å². The Morgan fingerprint density at radius 2 is 2.06 bits per heavy atom. The van der Waals surface area contributed by atoms with Gasteiger partial charge in [0.05, 0.1) is 11.4 Å². The lowest BCUT2D eigenvalue weighted by Gasteiger charge is -2.38. The van der Waals surface area contributed by atoms with Gasteiger partial charge in [0.15, 0.2) is 5.60 Å². The molecule has 13 heteroatoms. The molecule has 0 aromatic carbocycles. The average molecular weight is 513 g/mol. The molecule has 0 bridgehead atoms. The molecule has 2 amide bonds. The van der Waals surface area contributed by atoms with Crippen LogP contribution in [0.3, 0.4) is 0 Å². The number of carbonyl (C=O) groups is 3. The van der Waals surface area contributed by atoms with Crippen LogP contribution in [-0.2, 0) is 21.0 Å². The van der Waals surface area contributed by atoms with E-state index in [-0.39, 0.29) is 11.8 Å². The van der Waals surface area contributed by atoms with Gasteiger partial charge in [-0.25, -0.2) is 4.79 Å². The first-order chi connectivity index (χ1) is 16.5. The Bertz CT molecular complexity index is 1110. The van der Waals surface area contributed by atoms with Gasteiger partial charge in [-0.15, -0.1) is 11.3 Å². The van der Waals surface area contributed by atoms with E-state index in [2.05, 4.69) is 15.5 Å². The molecule has 9 nitrogen and oxygen atoms in total. The molecule has 2 N–H and O–H groups in total. The third-order valence-corrected chi connectivity index (χ3v) is 6.41. The van der Waals surface area contributed by atoms with Crippen LogP contribution < -0.4 is 5.32 Å². The van der Waals surface area contributed by atoms with Gasteiger partial charge in [0.1, 0.15) is 5.71 Å². The molecule has 35 heavy (non-hydrogen) atoms. The topological polar surface area (TPSA) is 121 Å². The predicted molar refractivity (Wildman–Crippen MR) is 120 cm³/mol. The number of aryl methyl sites for hydroxylation is 1. The number of carboxylic acid groups (broad SMARTS) is 1. The monoisotopic (exact) mass is 512 g/mol. The third-order valence-electron chi connectivity index (χ3n) is 5.40. The van der Waals surface area contributed by atoms with Crippen LogP contribution in [-0.4, -0.2) is 63.4 Å². The van der Waals surface area contributed by atoms with Crippen LogP contribution in [0.25, 0.3) is 0 Å². The summed E-state index contributed by atoms with van der Waals surface area (Å²) in [6, 6.07) is 5.69. The van der Waals surface area contributed by atoms with Gasteiger partial charge in [-0.05, 0) is 48.4 Å². The summed E-state index contributed by atoms with van der Waals surface area (Å²) in [6.07, 6.45) is 0.349. The highest BCUT2D eigenvalue weighted by atomic mass is 32.1. The van der Waals surface area contributed by atoms with E-state index in [0.717, 1.165) is 28.8 Å². The SMILES string of the molecule is Cc1ccsc1C(=O)N1CCCC2(CC(C(=O)NCc3cccnc3)=NO2)C1.O=C(O)C(F)(F)F. The van der Waals surface area contributed by atoms with Crippen molar-refractivity contribution >= 4 is 34.8 Å². The molecule has 1 saturated heterocycles. The molecule has 4 heterocycles. The molecular weight excluding hydrogens is 489 g/mol. The number of hydrogen-bond donors (Lipinski definition) is 2. The molecule has 1 unspecified atom stereocenters. The van der Waals surface area contributed by atoms with Gasteiger partial charge in [0, 0.05) is 31.9 Å². The molecule has 0 radical (unpaired) electrons. The molecule has 0 aliphatic carbocycles. The maximum absolute atomic E-state index is 12.9. The van der Waals surface area contributed by atoms with Crippen molar-refractivity contribution in [3.8, 4) is 0 Å². The van der Waals surface area contributed by atoms with Gasteiger partial charge in [-0.2, -0.15) is 13.2 Å². The molecular formula is C22H23F3N4O5S. The zero-order valence-electron chi connectivity index (χ0n) is 18.7. The number of nitrogens with one attached hydrogen (secondary N) is 1. The fraction of sp³-hybridized carbons (Fsp3) is 0.409. The molecule has 4 rings (SSSR count). The summed E-state index contributed by atoms with van der Waals surface area (Å²) >= 11 is 1.46. The van der Waals surface area contributed by atoms with E-state index in [1.54, 1.807) is 12.4 Å². The predicted octanol–water partition coefficient (Wildman–Crippen LogP) is 3.15. The fourth-order valence-corrected chi connectivity index (χ4v) is 4.55. The summed E-state index contributed by atoms with van der Waals surface area (Å²) < 4.78 is 31.7. The summed E-state index contributed by atoms with van der Waals surface area (Å²) in [5.74, 6) is -2.96. The summed E-state index contributed by atoms with van der Waals surface area (Å²) in [5.41, 5.74) is 1.70. The summed E-state index contributed by atoms with van der Waals surface area (Å²) in [4.78, 5) is 46.6. The maximum atomic E-state index is 12.9. The number of thiophene rings is 1. The number of oxime groups is 1. The second kappa shape index (κ2) is 10.8. The quantitative estimate of drug-likeness (QED) is 0.649. The molecule has 1 atom stereocenters. The minimum absolute atomic E-state index is 0.0321. The van der Waals surface area contributed by atoms with Crippen LogP contribution in [0.1, 0.15) is 40.1 Å². The number of aromatic nitrogens is 1. The smallest absolute Gasteiger partial charge is 0.475 e. The van der Waals surface area contributed by atoms with E-state index in [1.807, 2.05) is 35.4 Å². The van der Waals surface area contributed by atoms with Crippen molar-refractivity contribution in [1.82, 2.24) is 15.2 Å². The van der Waals surface area contributed by atoms with Gasteiger partial charge in [-0.1, -0.05) is 11.2 Å². The van der Waals surface area contributed by atoms with Crippen LogP contribution in [0.15, 0.2) is 41.1 Å². The normalized spacial score (nSPS) is 19.3. The first-order valence-electron chi connectivity index (χ1n) is 10.6. The number of alkyl halides is 3. The molecule has 1 fully saturated rings. The Balaban J connectivity index is 0.000000429. The number of carboxylic acids is 1. The number of carbonyl (C=O) groups excluding carboxylic acids is 2. The highest BCUT2D eigenvalue weighted by molar-refractivity contribution is 7.12. The number of halogens is 3. The van der Waals surface area contributed by atoms with E-state index in [0.29, 0.717) is 31.8 Å². The molecule has 2 aliphatic heterocycles. The number of likely N-dealkylation sites (tertiary alicyclic amines) is 1. The van der Waals surface area contributed by atoms with Crippen LogP contribution >= 0.6 is 11.3 Å². The minimum Gasteiger partial charge on any atom is -0.475 e. The summed E-state index contributed by atoms with van der Waals surface area (Å²) in [5, 5.41) is 16.0. The first-order valence-corrected chi connectivity index (χ1v) is 11.4. The van der Waals surface area contributed by atoms with Gasteiger partial charge in [-0.3, -0.25) is 14.6 Å². The van der Waals surface area contributed by atoms with Crippen LogP contribution in [0.2, 0.25) is 0 Å². The summed E-state index contributed by atoms with van der Waals surface area (Å²) in [7, 11) is 0. The van der Waals surface area contributed by atoms with Crippen molar-refractivity contribution in [3.05, 3.63) is 52.0 Å². The zero-order valence-corrected chi connectivity index (χ0v) is 19.5. The number of pyridine rings is 1. The highest BCUT2D eigenvalue weighted by Crippen LogP contribution is 2.34. The molecule has 0 saturated carbocycles. The number of hydrogen-bond acceptors (Lipinski definition) is 7. The van der Waals surface area contributed by atoms with Crippen LogP contribution in [0.5, 0.6) is 0 Å². The van der Waals surface area contributed by atoms with Crippen molar-refractivity contribution in [1.29, 1.82) is 0 Å². The lowest BCUT2D eigenvalue weighted by Crippen LogP contribution is -2.51. The largest absolute Gasteiger partial charge is 0.490 e. The van der Waals surface area contributed by atoms with Crippen molar-refractivity contribution in [2.24, 2.45) is 5.16 Å². The van der Waals surface area contributed by atoms with Crippen LogP contribution in [0, 0.1) is 6.92 Å². The van der Waals surface area contributed by atoms with E-state index in [4.69, 9.17) is 14.7 Å². The number of nitrogens with zero attached hydrogens (tertiary/aromatic N) is 3. The van der Waals surface area contributed by atoms with Gasteiger partial charge < -0.3 is 20.2 Å². The van der Waals surface area contributed by atoms with Gasteiger partial charge in [0.25, 0.3) is 11.8 Å². The minimum atomic E-state index is -5.08. The third kappa shape index (κ3) is 6.78. The van der Waals surface area contributed by atoms with E-state index in [1.165, 1.54) is 11.3 Å². The number of rotatable bonds is 4. The summed E-state index contributed by atoms with van der Waals surface area (Å²) in [6.45, 7) is 3.49. The first kappa shape index (κ1) is 26.1. The Morgan fingerprint density at radius 1 is 1.31 bits per heavy atom. The maximum Gasteiger partial charge on any atom is 0.490 e. The lowest BCUT2D eigenvalue weighted by molar-refractivity contribution is -0.192. The number of piperidine rings is 1. The second-order valence-electron chi connectivity index (χ2n) is 8.10. The molecule has 2 aliphatic rings. The van der Waals surface area contributed by atoms with Crippen molar-refractivity contribution < 1.29 is 37.5 Å². The second-order valence-corrected chi connectivity index (χ2v) is 9.02. The Labute approximate surface area is 202 Å². The van der Waals surface area contributed by atoms with Gasteiger partial charge in [0.2, 0.25) is 0 Å². The van der Waals surface area contributed by atoms with E-state index < -0.39 is 17.7 Å². The average Bonchev–Trinajstić information content (AvgIpc) is 3.44. The Morgan fingerprint density at radius 3 is 2.66 bits per heavy atom. The highest BCUT2D eigenvalue weighted by Gasteiger charge is 2.46.